The Morgan fingerprint density at radius 2 is 2.38 bits per heavy atom. The quantitative estimate of drug-likeness (QED) is 0.730. The number of amides is 1. The Bertz CT molecular complexity index is 421. The van der Waals surface area contributed by atoms with Crippen molar-refractivity contribution in [3.05, 3.63) is 34.4 Å². The van der Waals surface area contributed by atoms with E-state index in [1.165, 1.54) is 18.4 Å². The zero-order valence-electron chi connectivity index (χ0n) is 9.10. The molecular formula is C11H14N2O3. The lowest BCUT2D eigenvalue weighted by Crippen LogP contribution is -2.52. The summed E-state index contributed by atoms with van der Waals surface area (Å²) in [6.45, 7) is 4.26. The van der Waals surface area contributed by atoms with E-state index in [-0.39, 0.29) is 11.9 Å². The van der Waals surface area contributed by atoms with Gasteiger partial charge in [-0.3, -0.25) is 4.79 Å². The molecule has 5 nitrogen and oxygen atoms in total. The van der Waals surface area contributed by atoms with Crippen LogP contribution >= 0.6 is 0 Å². The van der Waals surface area contributed by atoms with Crippen LogP contribution in [0.3, 0.4) is 0 Å². The Morgan fingerprint density at radius 1 is 1.56 bits per heavy atom. The Kier molecular flexibility index (Phi) is 3.05. The van der Waals surface area contributed by atoms with Crippen molar-refractivity contribution in [2.45, 2.75) is 13.0 Å². The van der Waals surface area contributed by atoms with Crippen molar-refractivity contribution in [2.24, 2.45) is 0 Å². The highest BCUT2D eigenvalue weighted by molar-refractivity contribution is 5.94. The van der Waals surface area contributed by atoms with E-state index >= 15 is 0 Å². The van der Waals surface area contributed by atoms with Crippen molar-refractivity contribution in [1.82, 2.24) is 10.2 Å². The Balaban J connectivity index is 2.17. The van der Waals surface area contributed by atoms with Gasteiger partial charge < -0.3 is 14.6 Å². The van der Waals surface area contributed by atoms with Gasteiger partial charge in [0.15, 0.2) is 0 Å². The van der Waals surface area contributed by atoms with Gasteiger partial charge in [-0.2, -0.15) is 0 Å². The van der Waals surface area contributed by atoms with Crippen LogP contribution in [-0.4, -0.2) is 36.5 Å². The smallest absolute Gasteiger partial charge is 0.335 e. The second-order valence-electron chi connectivity index (χ2n) is 3.90. The Hall–Kier alpha value is -1.62. The normalized spacial score (nSPS) is 20.8. The minimum Gasteiger partial charge on any atom is -0.430 e. The molecule has 0 bridgehead atoms. The van der Waals surface area contributed by atoms with Crippen molar-refractivity contribution in [2.75, 3.05) is 19.6 Å². The molecule has 1 saturated heterocycles. The number of rotatable bonds is 1. The molecule has 1 aliphatic rings. The average molecular weight is 222 g/mol. The molecule has 0 saturated carbocycles. The second-order valence-corrected chi connectivity index (χ2v) is 3.90. The van der Waals surface area contributed by atoms with Gasteiger partial charge in [-0.1, -0.05) is 0 Å². The summed E-state index contributed by atoms with van der Waals surface area (Å²) in [6, 6.07) is 2.93. The minimum atomic E-state index is -0.440. The van der Waals surface area contributed by atoms with Gasteiger partial charge in [-0.15, -0.1) is 0 Å². The molecule has 0 aliphatic carbocycles. The molecule has 1 aromatic heterocycles. The van der Waals surface area contributed by atoms with Gasteiger partial charge in [-0.05, 0) is 13.0 Å². The molecule has 86 valence electrons. The van der Waals surface area contributed by atoms with Crippen LogP contribution in [0.15, 0.2) is 27.6 Å². The zero-order valence-corrected chi connectivity index (χ0v) is 9.10. The molecular weight excluding hydrogens is 208 g/mol. The molecule has 5 heteroatoms. The number of carbonyl (C=O) groups excluding carboxylic acids is 1. The van der Waals surface area contributed by atoms with Crippen molar-refractivity contribution in [3.8, 4) is 0 Å². The molecule has 2 rings (SSSR count). The molecule has 1 aromatic rings. The van der Waals surface area contributed by atoms with Crippen LogP contribution in [0.1, 0.15) is 17.3 Å². The zero-order chi connectivity index (χ0) is 11.5. The van der Waals surface area contributed by atoms with Crippen LogP contribution in [0, 0.1) is 0 Å². The molecule has 1 aliphatic heterocycles. The highest BCUT2D eigenvalue weighted by Crippen LogP contribution is 2.08. The summed E-state index contributed by atoms with van der Waals surface area (Å²) < 4.78 is 4.69. The van der Waals surface area contributed by atoms with E-state index in [2.05, 4.69) is 9.73 Å². The summed E-state index contributed by atoms with van der Waals surface area (Å²) >= 11 is 0. The number of hydrogen-bond acceptors (Lipinski definition) is 4. The first-order chi connectivity index (χ1) is 7.68. The lowest BCUT2D eigenvalue weighted by Gasteiger charge is -2.33. The number of nitrogens with one attached hydrogen (secondary N) is 1. The third-order valence-corrected chi connectivity index (χ3v) is 2.71. The third kappa shape index (κ3) is 2.14. The first-order valence-corrected chi connectivity index (χ1v) is 5.29. The first kappa shape index (κ1) is 10.9. The van der Waals surface area contributed by atoms with Gasteiger partial charge >= 0.3 is 5.63 Å². The van der Waals surface area contributed by atoms with Gasteiger partial charge in [0.1, 0.15) is 6.26 Å². The van der Waals surface area contributed by atoms with E-state index < -0.39 is 5.63 Å². The molecule has 0 radical (unpaired) electrons. The number of piperazine rings is 1. The van der Waals surface area contributed by atoms with Crippen LogP contribution in [0.25, 0.3) is 0 Å². The number of nitrogens with zero attached hydrogens (tertiary/aromatic N) is 1. The summed E-state index contributed by atoms with van der Waals surface area (Å²) in [4.78, 5) is 24.6. The Morgan fingerprint density at radius 3 is 3.00 bits per heavy atom. The van der Waals surface area contributed by atoms with Crippen molar-refractivity contribution >= 4 is 5.91 Å². The van der Waals surface area contributed by atoms with Gasteiger partial charge in [0.2, 0.25) is 0 Å². The molecule has 1 amide bonds. The largest absolute Gasteiger partial charge is 0.430 e. The van der Waals surface area contributed by atoms with Gasteiger partial charge in [0, 0.05) is 31.7 Å². The van der Waals surface area contributed by atoms with Gasteiger partial charge in [0.25, 0.3) is 5.91 Å². The van der Waals surface area contributed by atoms with E-state index in [0.717, 1.165) is 13.1 Å². The number of hydrogen-bond donors (Lipinski definition) is 1. The molecule has 0 unspecified atom stereocenters. The van der Waals surface area contributed by atoms with Gasteiger partial charge in [-0.25, -0.2) is 4.79 Å². The SMILES string of the molecule is C[C@@H]1CNCCN1C(=O)c1ccc(=O)oc1. The standard InChI is InChI=1S/C11H14N2O3/c1-8-6-12-4-5-13(8)11(15)9-2-3-10(14)16-7-9/h2-3,7-8,12H,4-6H2,1H3/t8-/m1/s1. The van der Waals surface area contributed by atoms with Crippen LogP contribution in [0.4, 0.5) is 0 Å². The van der Waals surface area contributed by atoms with Crippen LogP contribution < -0.4 is 10.9 Å². The first-order valence-electron chi connectivity index (χ1n) is 5.29. The lowest BCUT2D eigenvalue weighted by atomic mass is 10.1. The highest BCUT2D eigenvalue weighted by Gasteiger charge is 2.24. The molecule has 16 heavy (non-hydrogen) atoms. The molecule has 1 fully saturated rings. The van der Waals surface area contributed by atoms with Gasteiger partial charge in [0.05, 0.1) is 5.56 Å². The molecule has 0 spiro atoms. The molecule has 1 N–H and O–H groups in total. The predicted octanol–water partition coefficient (Wildman–Crippen LogP) is 0.0737. The topological polar surface area (TPSA) is 62.6 Å². The molecule has 1 atom stereocenters. The predicted molar refractivity (Wildman–Crippen MR) is 58.3 cm³/mol. The van der Waals surface area contributed by atoms with E-state index in [4.69, 9.17) is 0 Å². The maximum absolute atomic E-state index is 12.1. The van der Waals surface area contributed by atoms with Crippen LogP contribution in [0.5, 0.6) is 0 Å². The lowest BCUT2D eigenvalue weighted by molar-refractivity contribution is 0.0653. The summed E-state index contributed by atoms with van der Waals surface area (Å²) in [7, 11) is 0. The summed E-state index contributed by atoms with van der Waals surface area (Å²) in [5, 5.41) is 3.21. The number of carbonyl (C=O) groups is 1. The summed E-state index contributed by atoms with van der Waals surface area (Å²) in [5.41, 5.74) is -0.0155. The average Bonchev–Trinajstić information content (AvgIpc) is 2.30. The van der Waals surface area contributed by atoms with Crippen molar-refractivity contribution in [3.63, 3.8) is 0 Å². The molecule has 2 heterocycles. The van der Waals surface area contributed by atoms with Crippen molar-refractivity contribution < 1.29 is 9.21 Å². The van der Waals surface area contributed by atoms with E-state index in [1.54, 1.807) is 4.90 Å². The van der Waals surface area contributed by atoms with E-state index in [9.17, 15) is 9.59 Å². The monoisotopic (exact) mass is 222 g/mol. The maximum atomic E-state index is 12.1. The summed E-state index contributed by atoms with van der Waals surface area (Å²) in [5.74, 6) is -0.0854. The second kappa shape index (κ2) is 4.49. The minimum absolute atomic E-state index is 0.0854. The van der Waals surface area contributed by atoms with Crippen molar-refractivity contribution in [1.29, 1.82) is 0 Å². The fraction of sp³-hybridized carbons (Fsp3) is 0.455. The van der Waals surface area contributed by atoms with Crippen LogP contribution in [-0.2, 0) is 0 Å². The third-order valence-electron chi connectivity index (χ3n) is 2.71. The maximum Gasteiger partial charge on any atom is 0.335 e. The van der Waals surface area contributed by atoms with Crippen LogP contribution in [0.2, 0.25) is 0 Å². The van der Waals surface area contributed by atoms with E-state index in [0.29, 0.717) is 12.1 Å². The molecule has 0 aromatic carbocycles. The fourth-order valence-corrected chi connectivity index (χ4v) is 1.79. The fourth-order valence-electron chi connectivity index (χ4n) is 1.79. The van der Waals surface area contributed by atoms with E-state index in [1.807, 2.05) is 6.92 Å². The Labute approximate surface area is 93.1 Å². The summed E-state index contributed by atoms with van der Waals surface area (Å²) in [6.07, 6.45) is 1.22. The highest BCUT2D eigenvalue weighted by atomic mass is 16.4.